The largest absolute Gasteiger partial charge is 0.470 e. The number of nitrogens with zero attached hydrogens (tertiary/aromatic N) is 2. The van der Waals surface area contributed by atoms with Crippen LogP contribution in [0.5, 0.6) is 5.88 Å². The van der Waals surface area contributed by atoms with Crippen LogP contribution >= 0.6 is 21.6 Å². The molecule has 2 aliphatic rings. The number of unbranched alkanes of at least 4 members (excludes halogenated alkanes) is 1. The number of aromatic nitrogens is 1. The average Bonchev–Trinajstić information content (AvgIpc) is 3.07. The van der Waals surface area contributed by atoms with Crippen molar-refractivity contribution in [2.45, 2.75) is 49.6 Å². The van der Waals surface area contributed by atoms with Gasteiger partial charge in [0.25, 0.3) is 0 Å². The summed E-state index contributed by atoms with van der Waals surface area (Å²) in [5.74, 6) is 0.856. The lowest BCUT2D eigenvalue weighted by Crippen LogP contribution is -2.56. The van der Waals surface area contributed by atoms with Crippen molar-refractivity contribution in [1.29, 1.82) is 0 Å². The molecule has 1 amide bonds. The Morgan fingerprint density at radius 1 is 1.35 bits per heavy atom. The summed E-state index contributed by atoms with van der Waals surface area (Å²) in [5.41, 5.74) is -0.882. The number of alkyl halides is 3. The minimum atomic E-state index is -4.50. The first kappa shape index (κ1) is 19.7. The molecule has 144 valence electrons. The van der Waals surface area contributed by atoms with Crippen LogP contribution in [0, 0.1) is 0 Å². The fourth-order valence-corrected chi connectivity index (χ4v) is 5.97. The van der Waals surface area contributed by atoms with Gasteiger partial charge < -0.3 is 9.64 Å². The molecule has 2 aliphatic heterocycles. The molecule has 0 aromatic carbocycles. The number of pyridine rings is 1. The maximum absolute atomic E-state index is 12.9. The summed E-state index contributed by atoms with van der Waals surface area (Å²) in [5, 5.41) is 0.720. The monoisotopic (exact) mass is 406 g/mol. The predicted molar refractivity (Wildman–Crippen MR) is 97.2 cm³/mol. The second-order valence-electron chi connectivity index (χ2n) is 6.47. The molecule has 1 unspecified atom stereocenters. The first-order chi connectivity index (χ1) is 12.4. The second-order valence-corrected chi connectivity index (χ2v) is 9.25. The molecule has 0 radical (unpaired) electrons. The highest BCUT2D eigenvalue weighted by atomic mass is 33.1. The Morgan fingerprint density at radius 3 is 2.85 bits per heavy atom. The number of hydrogen-bond acceptors (Lipinski definition) is 5. The Bertz CT molecular complexity index is 618. The van der Waals surface area contributed by atoms with Gasteiger partial charge in [0.2, 0.25) is 11.8 Å². The van der Waals surface area contributed by atoms with E-state index in [0.29, 0.717) is 19.5 Å². The van der Waals surface area contributed by atoms with Crippen molar-refractivity contribution in [3.63, 3.8) is 0 Å². The molecule has 0 N–H and O–H groups in total. The van der Waals surface area contributed by atoms with Crippen LogP contribution in [0.25, 0.3) is 0 Å². The fraction of sp³-hybridized carbons (Fsp3) is 0.647. The first-order valence-corrected chi connectivity index (χ1v) is 11.1. The minimum Gasteiger partial charge on any atom is -0.470 e. The molecule has 0 bridgehead atoms. The Labute approximate surface area is 158 Å². The lowest BCUT2D eigenvalue weighted by atomic mass is 10.1. The van der Waals surface area contributed by atoms with Crippen molar-refractivity contribution in [3.05, 3.63) is 23.9 Å². The van der Waals surface area contributed by atoms with Crippen LogP contribution in [-0.4, -0.2) is 46.0 Å². The molecule has 0 spiro atoms. The molecule has 1 aromatic heterocycles. The highest BCUT2D eigenvalue weighted by Gasteiger charge is 2.38. The molecule has 26 heavy (non-hydrogen) atoms. The molecule has 2 saturated heterocycles. The normalized spacial score (nSPS) is 20.9. The predicted octanol–water partition coefficient (Wildman–Crippen LogP) is 4.40. The van der Waals surface area contributed by atoms with Gasteiger partial charge in [-0.2, -0.15) is 13.2 Å². The van der Waals surface area contributed by atoms with E-state index in [0.717, 1.165) is 30.6 Å². The van der Waals surface area contributed by atoms with Gasteiger partial charge in [-0.15, -0.1) is 0 Å². The number of rotatable bonds is 7. The fourth-order valence-electron chi connectivity index (χ4n) is 2.95. The van der Waals surface area contributed by atoms with Crippen molar-refractivity contribution >= 4 is 27.5 Å². The highest BCUT2D eigenvalue weighted by Crippen LogP contribution is 2.40. The Morgan fingerprint density at radius 2 is 2.15 bits per heavy atom. The average molecular weight is 406 g/mol. The molecule has 1 atom stereocenters. The van der Waals surface area contributed by atoms with E-state index in [-0.39, 0.29) is 5.91 Å². The zero-order valence-electron chi connectivity index (χ0n) is 14.2. The summed E-state index contributed by atoms with van der Waals surface area (Å²) >= 11 is 0. The maximum atomic E-state index is 12.9. The number of carbonyl (C=O) groups excluding carboxylic acids is 1. The van der Waals surface area contributed by atoms with Gasteiger partial charge in [0.15, 0.2) is 0 Å². The third-order valence-electron chi connectivity index (χ3n) is 4.45. The standard InChI is InChI=1S/C17H21F3N2O2S2/c18-17(19,20)14-5-3-8-21-16(14)24-12-10-22(11-12)15(23)6-2-1-4-13-7-9-25-26-13/h3,5,8,12-13H,1-2,4,6-7,9-11H2. The minimum absolute atomic E-state index is 0.0513. The van der Waals surface area contributed by atoms with Crippen molar-refractivity contribution < 1.29 is 22.7 Å². The van der Waals surface area contributed by atoms with Crippen LogP contribution in [0.1, 0.15) is 37.7 Å². The molecular formula is C17H21F3N2O2S2. The number of likely N-dealkylation sites (tertiary alicyclic amines) is 1. The molecule has 9 heteroatoms. The molecule has 0 saturated carbocycles. The maximum Gasteiger partial charge on any atom is 0.421 e. The van der Waals surface area contributed by atoms with E-state index >= 15 is 0 Å². The Hall–Kier alpha value is -1.09. The summed E-state index contributed by atoms with van der Waals surface area (Å²) < 4.78 is 44.1. The van der Waals surface area contributed by atoms with Crippen LogP contribution in [0.4, 0.5) is 13.2 Å². The summed E-state index contributed by atoms with van der Waals surface area (Å²) in [6, 6.07) is 2.18. The number of carbonyl (C=O) groups is 1. The lowest BCUT2D eigenvalue weighted by molar-refractivity contribution is -0.145. The Balaban J connectivity index is 1.37. The molecule has 3 rings (SSSR count). The molecule has 2 fully saturated rings. The number of halogens is 3. The first-order valence-electron chi connectivity index (χ1n) is 8.68. The smallest absolute Gasteiger partial charge is 0.421 e. The van der Waals surface area contributed by atoms with E-state index in [9.17, 15) is 18.0 Å². The molecule has 0 aliphatic carbocycles. The SMILES string of the molecule is O=C(CCCCC1CCSS1)N1CC(Oc2ncccc2C(F)(F)F)C1. The van der Waals surface area contributed by atoms with Gasteiger partial charge >= 0.3 is 6.18 Å². The van der Waals surface area contributed by atoms with Gasteiger partial charge in [0.05, 0.1) is 13.1 Å². The van der Waals surface area contributed by atoms with Gasteiger partial charge in [-0.3, -0.25) is 4.79 Å². The van der Waals surface area contributed by atoms with Crippen LogP contribution in [-0.2, 0) is 11.0 Å². The summed E-state index contributed by atoms with van der Waals surface area (Å²) in [4.78, 5) is 17.4. The van der Waals surface area contributed by atoms with E-state index < -0.39 is 23.7 Å². The van der Waals surface area contributed by atoms with E-state index in [1.54, 1.807) is 4.90 Å². The topological polar surface area (TPSA) is 42.4 Å². The van der Waals surface area contributed by atoms with E-state index in [1.165, 1.54) is 24.4 Å². The quantitative estimate of drug-likeness (QED) is 0.496. The van der Waals surface area contributed by atoms with E-state index in [4.69, 9.17) is 4.74 Å². The van der Waals surface area contributed by atoms with E-state index in [2.05, 4.69) is 4.98 Å². The summed E-state index contributed by atoms with van der Waals surface area (Å²) in [6.45, 7) is 0.643. The number of hydrogen-bond donors (Lipinski definition) is 0. The molecule has 1 aromatic rings. The molecule has 4 nitrogen and oxygen atoms in total. The van der Waals surface area contributed by atoms with Crippen LogP contribution in [0.15, 0.2) is 18.3 Å². The summed E-state index contributed by atoms with van der Waals surface area (Å²) in [6.07, 6.45) is 1.14. The van der Waals surface area contributed by atoms with Crippen molar-refractivity contribution in [1.82, 2.24) is 9.88 Å². The molecule has 3 heterocycles. The van der Waals surface area contributed by atoms with Gasteiger partial charge in [-0.1, -0.05) is 28.0 Å². The summed E-state index contributed by atoms with van der Waals surface area (Å²) in [7, 11) is 3.87. The van der Waals surface area contributed by atoms with Crippen LogP contribution < -0.4 is 4.74 Å². The van der Waals surface area contributed by atoms with Crippen molar-refractivity contribution in [2.24, 2.45) is 0 Å². The van der Waals surface area contributed by atoms with E-state index in [1.807, 2.05) is 21.6 Å². The van der Waals surface area contributed by atoms with Gasteiger partial charge in [0, 0.05) is 23.6 Å². The third kappa shape index (κ3) is 5.22. The van der Waals surface area contributed by atoms with Crippen LogP contribution in [0.2, 0.25) is 0 Å². The lowest BCUT2D eigenvalue weighted by Gasteiger charge is -2.39. The zero-order valence-corrected chi connectivity index (χ0v) is 15.8. The van der Waals surface area contributed by atoms with Crippen molar-refractivity contribution in [2.75, 3.05) is 18.8 Å². The van der Waals surface area contributed by atoms with Gasteiger partial charge in [0.1, 0.15) is 11.7 Å². The number of amides is 1. The third-order valence-corrected chi connectivity index (χ3v) is 7.46. The second kappa shape index (κ2) is 8.73. The Kier molecular flexibility index (Phi) is 6.60. The van der Waals surface area contributed by atoms with Crippen molar-refractivity contribution in [3.8, 4) is 5.88 Å². The van der Waals surface area contributed by atoms with Crippen LogP contribution in [0.3, 0.4) is 0 Å². The number of ether oxygens (including phenoxy) is 1. The molecular weight excluding hydrogens is 385 g/mol. The zero-order chi connectivity index (χ0) is 18.6. The van der Waals surface area contributed by atoms with Gasteiger partial charge in [-0.25, -0.2) is 4.98 Å². The highest BCUT2D eigenvalue weighted by molar-refractivity contribution is 8.77. The van der Waals surface area contributed by atoms with Gasteiger partial charge in [-0.05, 0) is 31.4 Å².